The van der Waals surface area contributed by atoms with E-state index < -0.39 is 0 Å². The molecule has 0 aliphatic carbocycles. The largest absolute Gasteiger partial charge is 0.497 e. The van der Waals surface area contributed by atoms with Gasteiger partial charge in [0.05, 0.1) is 26.9 Å². The van der Waals surface area contributed by atoms with Crippen LogP contribution in [-0.4, -0.2) is 48.0 Å². The van der Waals surface area contributed by atoms with Crippen LogP contribution in [0.1, 0.15) is 18.6 Å². The lowest BCUT2D eigenvalue weighted by Gasteiger charge is -2.31. The summed E-state index contributed by atoms with van der Waals surface area (Å²) in [6, 6.07) is 7.73. The minimum atomic E-state index is 0.272. The van der Waals surface area contributed by atoms with Crippen molar-refractivity contribution in [3.8, 4) is 11.5 Å². The molecule has 1 aliphatic rings. The van der Waals surface area contributed by atoms with Crippen LogP contribution in [0, 0.1) is 0 Å². The van der Waals surface area contributed by atoms with Crippen molar-refractivity contribution >= 4 is 0 Å². The Morgan fingerprint density at radius 3 is 2.78 bits per heavy atom. The second kappa shape index (κ2) is 7.43. The molecule has 0 saturated carbocycles. The van der Waals surface area contributed by atoms with Crippen molar-refractivity contribution < 1.29 is 18.7 Å². The van der Waals surface area contributed by atoms with Crippen molar-refractivity contribution in [2.45, 2.75) is 26.1 Å². The second-order valence-corrected chi connectivity index (χ2v) is 5.46. The SMILES string of the molecule is COc1ccc(OCc2noc(CN3CCOC[C@H]3C)n2)cc1. The summed E-state index contributed by atoms with van der Waals surface area (Å²) in [5.41, 5.74) is 0. The van der Waals surface area contributed by atoms with Gasteiger partial charge in [-0.2, -0.15) is 4.98 Å². The van der Waals surface area contributed by atoms with Gasteiger partial charge in [-0.1, -0.05) is 5.16 Å². The average Bonchev–Trinajstić information content (AvgIpc) is 3.03. The van der Waals surface area contributed by atoms with Crippen LogP contribution in [0.3, 0.4) is 0 Å². The van der Waals surface area contributed by atoms with Gasteiger partial charge in [-0.05, 0) is 31.2 Å². The fourth-order valence-electron chi connectivity index (χ4n) is 2.40. The van der Waals surface area contributed by atoms with E-state index in [1.54, 1.807) is 7.11 Å². The van der Waals surface area contributed by atoms with E-state index >= 15 is 0 Å². The smallest absolute Gasteiger partial charge is 0.240 e. The van der Waals surface area contributed by atoms with Gasteiger partial charge in [0.15, 0.2) is 6.61 Å². The Bertz CT molecular complexity index is 614. The topological polar surface area (TPSA) is 69.9 Å². The molecule has 3 rings (SSSR count). The standard InChI is InChI=1S/C16H21N3O4/c1-12-10-21-8-7-19(12)9-16-17-15(18-23-16)11-22-14-5-3-13(20-2)4-6-14/h3-6,12H,7-11H2,1-2H3/t12-/m1/s1. The van der Waals surface area contributed by atoms with E-state index in [1.165, 1.54) is 0 Å². The van der Waals surface area contributed by atoms with E-state index in [2.05, 4.69) is 22.0 Å². The fourth-order valence-corrected chi connectivity index (χ4v) is 2.40. The molecule has 0 bridgehead atoms. The average molecular weight is 319 g/mol. The van der Waals surface area contributed by atoms with Crippen molar-refractivity contribution in [1.82, 2.24) is 15.0 Å². The normalized spacial score (nSPS) is 18.8. The quantitative estimate of drug-likeness (QED) is 0.805. The summed E-state index contributed by atoms with van der Waals surface area (Å²) in [7, 11) is 1.63. The molecule has 124 valence electrons. The predicted molar refractivity (Wildman–Crippen MR) is 82.3 cm³/mol. The lowest BCUT2D eigenvalue weighted by Crippen LogP contribution is -2.42. The molecular formula is C16H21N3O4. The highest BCUT2D eigenvalue weighted by molar-refractivity contribution is 5.31. The zero-order valence-corrected chi connectivity index (χ0v) is 13.4. The predicted octanol–water partition coefficient (Wildman–Crippen LogP) is 1.88. The minimum Gasteiger partial charge on any atom is -0.497 e. The first-order valence-corrected chi connectivity index (χ1v) is 7.64. The molecule has 0 radical (unpaired) electrons. The molecule has 2 heterocycles. The number of ether oxygens (including phenoxy) is 3. The minimum absolute atomic E-state index is 0.272. The molecule has 0 N–H and O–H groups in total. The first-order chi connectivity index (χ1) is 11.2. The number of aromatic nitrogens is 2. The molecule has 1 aromatic heterocycles. The molecule has 1 fully saturated rings. The maximum Gasteiger partial charge on any atom is 0.240 e. The number of morpholine rings is 1. The van der Waals surface area contributed by atoms with Gasteiger partial charge in [0.1, 0.15) is 11.5 Å². The van der Waals surface area contributed by atoms with Crippen molar-refractivity contribution in [1.29, 1.82) is 0 Å². The van der Waals surface area contributed by atoms with Gasteiger partial charge in [0.25, 0.3) is 0 Å². The van der Waals surface area contributed by atoms with Crippen LogP contribution < -0.4 is 9.47 Å². The number of hydrogen-bond donors (Lipinski definition) is 0. The maximum absolute atomic E-state index is 5.64. The summed E-state index contributed by atoms with van der Waals surface area (Å²) in [5.74, 6) is 2.67. The van der Waals surface area contributed by atoms with Crippen molar-refractivity contribution in [3.63, 3.8) is 0 Å². The molecule has 0 spiro atoms. The van der Waals surface area contributed by atoms with Crippen LogP contribution in [0.5, 0.6) is 11.5 Å². The first-order valence-electron chi connectivity index (χ1n) is 7.64. The van der Waals surface area contributed by atoms with E-state index in [-0.39, 0.29) is 6.61 Å². The van der Waals surface area contributed by atoms with Gasteiger partial charge in [-0.15, -0.1) is 0 Å². The van der Waals surface area contributed by atoms with Gasteiger partial charge >= 0.3 is 0 Å². The lowest BCUT2D eigenvalue weighted by molar-refractivity contribution is -0.00852. The van der Waals surface area contributed by atoms with Crippen LogP contribution in [0.15, 0.2) is 28.8 Å². The molecule has 0 unspecified atom stereocenters. The van der Waals surface area contributed by atoms with E-state index in [1.807, 2.05) is 24.3 Å². The van der Waals surface area contributed by atoms with Gasteiger partial charge in [0.2, 0.25) is 11.7 Å². The molecule has 1 saturated heterocycles. The lowest BCUT2D eigenvalue weighted by atomic mass is 10.2. The Morgan fingerprint density at radius 1 is 1.26 bits per heavy atom. The Morgan fingerprint density at radius 2 is 2.04 bits per heavy atom. The highest BCUT2D eigenvalue weighted by atomic mass is 16.5. The van der Waals surface area contributed by atoms with Crippen molar-refractivity contribution in [2.24, 2.45) is 0 Å². The number of benzene rings is 1. The van der Waals surface area contributed by atoms with Crippen LogP contribution in [0.4, 0.5) is 0 Å². The van der Waals surface area contributed by atoms with Crippen LogP contribution >= 0.6 is 0 Å². The molecule has 1 aliphatic heterocycles. The van der Waals surface area contributed by atoms with Crippen LogP contribution in [0.25, 0.3) is 0 Å². The van der Waals surface area contributed by atoms with E-state index in [0.717, 1.165) is 31.3 Å². The first kappa shape index (κ1) is 15.8. The Kier molecular flexibility index (Phi) is 5.09. The Labute approximate surface area is 135 Å². The molecule has 7 heteroatoms. The van der Waals surface area contributed by atoms with Gasteiger partial charge in [-0.25, -0.2) is 0 Å². The summed E-state index contributed by atoms with van der Waals surface area (Å²) in [6.07, 6.45) is 0. The molecule has 23 heavy (non-hydrogen) atoms. The van der Waals surface area contributed by atoms with E-state index in [9.17, 15) is 0 Å². The molecule has 1 atom stereocenters. The Balaban J connectivity index is 1.52. The number of methoxy groups -OCH3 is 1. The van der Waals surface area contributed by atoms with E-state index in [4.69, 9.17) is 18.7 Å². The summed E-state index contributed by atoms with van der Waals surface area (Å²) in [6.45, 7) is 5.40. The molecule has 0 amide bonds. The number of hydrogen-bond acceptors (Lipinski definition) is 7. The third kappa shape index (κ3) is 4.20. The molecular weight excluding hydrogens is 298 g/mol. The third-order valence-electron chi connectivity index (χ3n) is 3.78. The molecule has 2 aromatic rings. The summed E-state index contributed by atoms with van der Waals surface area (Å²) in [5, 5.41) is 3.96. The Hall–Kier alpha value is -2.12. The van der Waals surface area contributed by atoms with Gasteiger partial charge in [0, 0.05) is 12.6 Å². The number of rotatable bonds is 6. The van der Waals surface area contributed by atoms with Crippen molar-refractivity contribution in [3.05, 3.63) is 36.0 Å². The van der Waals surface area contributed by atoms with Gasteiger partial charge in [-0.3, -0.25) is 4.90 Å². The highest BCUT2D eigenvalue weighted by Gasteiger charge is 2.21. The van der Waals surface area contributed by atoms with Crippen molar-refractivity contribution in [2.75, 3.05) is 26.9 Å². The third-order valence-corrected chi connectivity index (χ3v) is 3.78. The summed E-state index contributed by atoms with van der Waals surface area (Å²) >= 11 is 0. The fraction of sp³-hybridized carbons (Fsp3) is 0.500. The zero-order valence-electron chi connectivity index (χ0n) is 13.4. The summed E-state index contributed by atoms with van der Waals surface area (Å²) < 4.78 is 21.5. The zero-order chi connectivity index (χ0) is 16.1. The number of nitrogens with zero attached hydrogens (tertiary/aromatic N) is 3. The van der Waals surface area contributed by atoms with Gasteiger partial charge < -0.3 is 18.7 Å². The second-order valence-electron chi connectivity index (χ2n) is 5.46. The highest BCUT2D eigenvalue weighted by Crippen LogP contribution is 2.18. The van der Waals surface area contributed by atoms with Crippen LogP contribution in [0.2, 0.25) is 0 Å². The summed E-state index contributed by atoms with van der Waals surface area (Å²) in [4.78, 5) is 6.65. The van der Waals surface area contributed by atoms with Crippen LogP contribution in [-0.2, 0) is 17.9 Å². The van der Waals surface area contributed by atoms with E-state index in [0.29, 0.717) is 24.3 Å². The molecule has 1 aromatic carbocycles. The molecule has 7 nitrogen and oxygen atoms in total. The monoisotopic (exact) mass is 319 g/mol. The maximum atomic E-state index is 5.64.